The van der Waals surface area contributed by atoms with Gasteiger partial charge in [-0.05, 0) is 54.3 Å². The minimum atomic E-state index is -0.168. The van der Waals surface area contributed by atoms with Gasteiger partial charge in [-0.25, -0.2) is 0 Å². The Labute approximate surface area is 135 Å². The van der Waals surface area contributed by atoms with Crippen molar-refractivity contribution in [3.05, 3.63) is 66.6 Å². The van der Waals surface area contributed by atoms with Crippen molar-refractivity contribution in [2.45, 2.75) is 19.9 Å². The van der Waals surface area contributed by atoms with Gasteiger partial charge < -0.3 is 5.73 Å². The van der Waals surface area contributed by atoms with E-state index in [1.54, 1.807) is 0 Å². The molecule has 1 nitrogen and oxygen atoms in total. The van der Waals surface area contributed by atoms with Crippen LogP contribution in [0.1, 0.15) is 28.3 Å². The summed E-state index contributed by atoms with van der Waals surface area (Å²) in [6.45, 7) is 4.03. The van der Waals surface area contributed by atoms with Gasteiger partial charge in [-0.1, -0.05) is 55.6 Å². The summed E-state index contributed by atoms with van der Waals surface area (Å²) in [4.78, 5) is 0. The van der Waals surface area contributed by atoms with Crippen molar-refractivity contribution >= 4 is 43.5 Å². The first-order valence-corrected chi connectivity index (χ1v) is 7.83. The minimum absolute atomic E-state index is 0.168. The number of aryl methyl sites for hydroxylation is 2. The van der Waals surface area contributed by atoms with Crippen LogP contribution in [0.25, 0.3) is 0 Å². The highest BCUT2D eigenvalue weighted by molar-refractivity contribution is 9.11. The van der Waals surface area contributed by atoms with Crippen LogP contribution >= 0.6 is 43.5 Å². The van der Waals surface area contributed by atoms with Crippen molar-refractivity contribution in [3.8, 4) is 0 Å². The molecule has 2 aromatic carbocycles. The molecule has 2 N–H and O–H groups in total. The molecule has 0 aliphatic carbocycles. The van der Waals surface area contributed by atoms with E-state index in [1.807, 2.05) is 38.1 Å². The second-order valence-electron chi connectivity index (χ2n) is 4.60. The topological polar surface area (TPSA) is 26.0 Å². The number of hydrogen-bond donors (Lipinski definition) is 1. The first kappa shape index (κ1) is 15.0. The van der Waals surface area contributed by atoms with E-state index in [2.05, 4.69) is 37.9 Å². The van der Waals surface area contributed by atoms with E-state index in [0.29, 0.717) is 0 Å². The Morgan fingerprint density at radius 1 is 1.00 bits per heavy atom. The van der Waals surface area contributed by atoms with Gasteiger partial charge in [0.25, 0.3) is 0 Å². The third kappa shape index (κ3) is 3.22. The van der Waals surface area contributed by atoms with Crippen LogP contribution in [0.3, 0.4) is 0 Å². The minimum Gasteiger partial charge on any atom is -0.320 e. The maximum Gasteiger partial charge on any atom is 0.0565 e. The van der Waals surface area contributed by atoms with Gasteiger partial charge in [0.15, 0.2) is 0 Å². The fourth-order valence-electron chi connectivity index (χ4n) is 2.06. The van der Waals surface area contributed by atoms with E-state index in [9.17, 15) is 0 Å². The average Bonchev–Trinajstić information content (AvgIpc) is 2.33. The van der Waals surface area contributed by atoms with Crippen LogP contribution in [-0.2, 0) is 0 Å². The summed E-state index contributed by atoms with van der Waals surface area (Å²) >= 11 is 13.1. The van der Waals surface area contributed by atoms with Crippen molar-refractivity contribution in [2.75, 3.05) is 0 Å². The first-order valence-electron chi connectivity index (χ1n) is 5.87. The monoisotopic (exact) mass is 401 g/mol. The number of rotatable bonds is 2. The second kappa shape index (κ2) is 5.96. The van der Waals surface area contributed by atoms with Gasteiger partial charge in [-0.2, -0.15) is 0 Å². The average molecular weight is 404 g/mol. The van der Waals surface area contributed by atoms with E-state index in [-0.39, 0.29) is 6.04 Å². The molecule has 100 valence electrons. The van der Waals surface area contributed by atoms with Crippen LogP contribution < -0.4 is 5.73 Å². The molecule has 0 radical (unpaired) electrons. The molecule has 2 aromatic rings. The lowest BCUT2D eigenvalue weighted by atomic mass is 9.94. The largest absolute Gasteiger partial charge is 0.320 e. The number of hydrogen-bond acceptors (Lipinski definition) is 1. The van der Waals surface area contributed by atoms with Gasteiger partial charge in [0, 0.05) is 14.0 Å². The first-order chi connectivity index (χ1) is 8.90. The van der Waals surface area contributed by atoms with Crippen LogP contribution in [0.2, 0.25) is 5.02 Å². The molecule has 0 fully saturated rings. The highest BCUT2D eigenvalue weighted by atomic mass is 79.9. The SMILES string of the molecule is Cc1cc(C(N)c2ccc(Br)cc2Br)c(C)cc1Cl. The van der Waals surface area contributed by atoms with Crippen LogP contribution in [0.4, 0.5) is 0 Å². The van der Waals surface area contributed by atoms with E-state index in [1.165, 1.54) is 0 Å². The van der Waals surface area contributed by atoms with E-state index in [0.717, 1.165) is 36.2 Å². The van der Waals surface area contributed by atoms with Crippen LogP contribution in [0, 0.1) is 13.8 Å². The zero-order valence-electron chi connectivity index (χ0n) is 10.7. The number of nitrogens with two attached hydrogens (primary N) is 1. The fraction of sp³-hybridized carbons (Fsp3) is 0.200. The summed E-state index contributed by atoms with van der Waals surface area (Å²) < 4.78 is 2.03. The molecule has 1 unspecified atom stereocenters. The van der Waals surface area contributed by atoms with Gasteiger partial charge in [0.2, 0.25) is 0 Å². The molecule has 0 amide bonds. The molecule has 0 spiro atoms. The van der Waals surface area contributed by atoms with Crippen molar-refractivity contribution < 1.29 is 0 Å². The molecule has 19 heavy (non-hydrogen) atoms. The molecular weight excluding hydrogens is 389 g/mol. The van der Waals surface area contributed by atoms with Gasteiger partial charge in [-0.15, -0.1) is 0 Å². The maximum absolute atomic E-state index is 6.40. The molecular formula is C15H14Br2ClN. The zero-order valence-corrected chi connectivity index (χ0v) is 14.6. The lowest BCUT2D eigenvalue weighted by Crippen LogP contribution is -2.14. The summed E-state index contributed by atoms with van der Waals surface area (Å²) in [5.41, 5.74) is 10.7. The molecule has 4 heteroatoms. The molecule has 0 saturated heterocycles. The molecule has 0 aliphatic heterocycles. The van der Waals surface area contributed by atoms with Gasteiger partial charge in [0.1, 0.15) is 0 Å². The van der Waals surface area contributed by atoms with Crippen LogP contribution in [-0.4, -0.2) is 0 Å². The Morgan fingerprint density at radius 2 is 1.68 bits per heavy atom. The summed E-state index contributed by atoms with van der Waals surface area (Å²) in [5, 5.41) is 0.781. The Kier molecular flexibility index (Phi) is 4.72. The molecule has 0 aromatic heterocycles. The Morgan fingerprint density at radius 3 is 2.32 bits per heavy atom. The standard InChI is InChI=1S/C15H14Br2ClN/c1-8-6-14(18)9(2)5-12(8)15(19)11-4-3-10(16)7-13(11)17/h3-7,15H,19H2,1-2H3. The summed E-state index contributed by atoms with van der Waals surface area (Å²) in [6, 6.07) is 9.90. The molecule has 0 bridgehead atoms. The Balaban J connectivity index is 2.49. The maximum atomic E-state index is 6.40. The molecule has 2 rings (SSSR count). The van der Waals surface area contributed by atoms with Crippen molar-refractivity contribution in [1.29, 1.82) is 0 Å². The zero-order chi connectivity index (χ0) is 14.2. The highest BCUT2D eigenvalue weighted by Crippen LogP contribution is 2.32. The summed E-state index contributed by atoms with van der Waals surface area (Å²) in [5.74, 6) is 0. The number of halogens is 3. The quantitative estimate of drug-likeness (QED) is 0.701. The fourth-order valence-corrected chi connectivity index (χ4v) is 3.57. The lowest BCUT2D eigenvalue weighted by Gasteiger charge is -2.18. The van der Waals surface area contributed by atoms with Gasteiger partial charge >= 0.3 is 0 Å². The van der Waals surface area contributed by atoms with Crippen LogP contribution in [0.15, 0.2) is 39.3 Å². The van der Waals surface area contributed by atoms with E-state index >= 15 is 0 Å². The summed E-state index contributed by atoms with van der Waals surface area (Å²) in [6.07, 6.45) is 0. The Bertz CT molecular complexity index is 626. The van der Waals surface area contributed by atoms with Gasteiger partial charge in [0.05, 0.1) is 6.04 Å². The number of benzene rings is 2. The predicted molar refractivity (Wildman–Crippen MR) is 88.8 cm³/mol. The van der Waals surface area contributed by atoms with Crippen molar-refractivity contribution in [1.82, 2.24) is 0 Å². The smallest absolute Gasteiger partial charge is 0.0565 e. The molecule has 1 atom stereocenters. The van der Waals surface area contributed by atoms with Gasteiger partial charge in [-0.3, -0.25) is 0 Å². The van der Waals surface area contributed by atoms with Crippen molar-refractivity contribution in [3.63, 3.8) is 0 Å². The van der Waals surface area contributed by atoms with Crippen LogP contribution in [0.5, 0.6) is 0 Å². The second-order valence-corrected chi connectivity index (χ2v) is 6.78. The summed E-state index contributed by atoms with van der Waals surface area (Å²) in [7, 11) is 0. The van der Waals surface area contributed by atoms with Crippen molar-refractivity contribution in [2.24, 2.45) is 5.73 Å². The van der Waals surface area contributed by atoms with E-state index in [4.69, 9.17) is 17.3 Å². The molecule has 0 aliphatic rings. The lowest BCUT2D eigenvalue weighted by molar-refractivity contribution is 0.854. The molecule has 0 heterocycles. The van der Waals surface area contributed by atoms with E-state index < -0.39 is 0 Å². The third-order valence-corrected chi connectivity index (χ3v) is 4.77. The highest BCUT2D eigenvalue weighted by Gasteiger charge is 2.15. The Hall–Kier alpha value is -0.350. The normalized spacial score (nSPS) is 12.5. The predicted octanol–water partition coefficient (Wildman–Crippen LogP) is 5.53. The molecule has 0 saturated carbocycles. The third-order valence-electron chi connectivity index (χ3n) is 3.18.